The lowest BCUT2D eigenvalue weighted by Crippen LogP contribution is -2.13. The number of hydrogen-bond donors (Lipinski definition) is 1. The van der Waals surface area contributed by atoms with Crippen molar-refractivity contribution in [3.05, 3.63) is 62.9 Å². The zero-order chi connectivity index (χ0) is 20.6. The minimum atomic E-state index is -0.152. The van der Waals surface area contributed by atoms with E-state index in [2.05, 4.69) is 31.4 Å². The molecule has 6 nitrogen and oxygen atoms in total. The van der Waals surface area contributed by atoms with Gasteiger partial charge < -0.3 is 14.5 Å². The van der Waals surface area contributed by atoms with Crippen LogP contribution in [0.5, 0.6) is 5.75 Å². The van der Waals surface area contributed by atoms with Crippen LogP contribution in [0.4, 0.5) is 5.69 Å². The third kappa shape index (κ3) is 7.22. The quantitative estimate of drug-likeness (QED) is 0.282. The Morgan fingerprint density at radius 1 is 1.21 bits per heavy atom. The van der Waals surface area contributed by atoms with E-state index in [9.17, 15) is 4.79 Å². The van der Waals surface area contributed by atoms with E-state index in [1.54, 1.807) is 18.2 Å². The van der Waals surface area contributed by atoms with Gasteiger partial charge in [0, 0.05) is 21.6 Å². The second kappa shape index (κ2) is 10.9. The number of hydrogen-bond acceptors (Lipinski definition) is 6. The molecule has 2 aromatic carbocycles. The number of aromatic nitrogens is 2. The highest BCUT2D eigenvalue weighted by atomic mass is 79.9. The smallest absolute Gasteiger partial charge is 0.277 e. The number of carbonyl (C=O) groups excluding carboxylic acids is 1. The number of thioether (sulfide) groups is 1. The van der Waals surface area contributed by atoms with Crippen LogP contribution >= 0.6 is 50.9 Å². The fourth-order valence-corrected chi connectivity index (χ4v) is 3.73. The first-order chi connectivity index (χ1) is 14.0. The van der Waals surface area contributed by atoms with Crippen molar-refractivity contribution in [3.63, 3.8) is 0 Å². The molecule has 3 rings (SSSR count). The number of benzene rings is 2. The van der Waals surface area contributed by atoms with Crippen molar-refractivity contribution in [2.75, 3.05) is 17.7 Å². The first-order valence-electron chi connectivity index (χ1n) is 8.58. The highest BCUT2D eigenvalue weighted by molar-refractivity contribution is 9.10. The Morgan fingerprint density at radius 2 is 2.07 bits per heavy atom. The van der Waals surface area contributed by atoms with Crippen molar-refractivity contribution in [2.24, 2.45) is 0 Å². The molecule has 0 atom stereocenters. The molecule has 10 heteroatoms. The van der Waals surface area contributed by atoms with E-state index < -0.39 is 0 Å². The van der Waals surface area contributed by atoms with Crippen molar-refractivity contribution < 1.29 is 13.9 Å². The lowest BCUT2D eigenvalue weighted by molar-refractivity contribution is -0.113. The highest BCUT2D eigenvalue weighted by Gasteiger charge is 2.10. The number of nitrogens with zero attached hydrogens (tertiary/aromatic N) is 2. The third-order valence-corrected chi connectivity index (χ3v) is 5.41. The molecule has 3 aromatic rings. The van der Waals surface area contributed by atoms with Crippen molar-refractivity contribution in [1.82, 2.24) is 10.2 Å². The Hall–Kier alpha value is -1.74. The molecule has 0 radical (unpaired) electrons. The van der Waals surface area contributed by atoms with Gasteiger partial charge in [0.15, 0.2) is 0 Å². The molecule has 1 N–H and O–H groups in total. The molecule has 0 saturated heterocycles. The van der Waals surface area contributed by atoms with Gasteiger partial charge in [-0.25, -0.2) is 0 Å². The van der Waals surface area contributed by atoms with Gasteiger partial charge in [0.05, 0.1) is 17.4 Å². The Balaban J connectivity index is 1.38. The molecule has 0 aliphatic carbocycles. The van der Waals surface area contributed by atoms with E-state index in [-0.39, 0.29) is 11.7 Å². The summed E-state index contributed by atoms with van der Waals surface area (Å²) in [5.74, 6) is 1.09. The molecule has 0 saturated carbocycles. The van der Waals surface area contributed by atoms with Gasteiger partial charge in [-0.2, -0.15) is 0 Å². The summed E-state index contributed by atoms with van der Waals surface area (Å²) in [6, 6.07) is 12.5. The number of halogens is 3. The molecule has 152 valence electrons. The largest absolute Gasteiger partial charge is 0.492 e. The normalized spacial score (nSPS) is 10.7. The predicted molar refractivity (Wildman–Crippen MR) is 118 cm³/mol. The number of anilines is 1. The summed E-state index contributed by atoms with van der Waals surface area (Å²) in [7, 11) is 0. The van der Waals surface area contributed by atoms with Crippen molar-refractivity contribution >= 4 is 62.5 Å². The summed E-state index contributed by atoms with van der Waals surface area (Å²) >= 11 is 16.5. The maximum Gasteiger partial charge on any atom is 0.277 e. The zero-order valence-corrected chi connectivity index (χ0v) is 18.9. The second-order valence-corrected chi connectivity index (χ2v) is 8.52. The lowest BCUT2D eigenvalue weighted by Gasteiger charge is -2.07. The van der Waals surface area contributed by atoms with Crippen molar-refractivity contribution in [1.29, 1.82) is 0 Å². The molecule has 1 aromatic heterocycles. The van der Waals surface area contributed by atoms with Gasteiger partial charge in [-0.3, -0.25) is 4.79 Å². The summed E-state index contributed by atoms with van der Waals surface area (Å²) in [5, 5.41) is 12.1. The van der Waals surface area contributed by atoms with Crippen LogP contribution < -0.4 is 10.1 Å². The third-order valence-electron chi connectivity index (χ3n) is 3.57. The van der Waals surface area contributed by atoms with Gasteiger partial charge in [-0.15, -0.1) is 10.2 Å². The van der Waals surface area contributed by atoms with E-state index in [0.717, 1.165) is 10.2 Å². The maximum absolute atomic E-state index is 12.0. The van der Waals surface area contributed by atoms with Gasteiger partial charge >= 0.3 is 0 Å². The van der Waals surface area contributed by atoms with Crippen molar-refractivity contribution in [3.8, 4) is 5.75 Å². The van der Waals surface area contributed by atoms with Crippen LogP contribution in [0.1, 0.15) is 12.3 Å². The van der Waals surface area contributed by atoms with E-state index in [1.165, 1.54) is 11.8 Å². The minimum Gasteiger partial charge on any atom is -0.492 e. The monoisotopic (exact) mass is 515 g/mol. The first kappa shape index (κ1) is 22.0. The van der Waals surface area contributed by atoms with Gasteiger partial charge in [-0.1, -0.05) is 57.0 Å². The van der Waals surface area contributed by atoms with E-state index in [0.29, 0.717) is 46.4 Å². The number of carbonyl (C=O) groups is 1. The number of rotatable bonds is 9. The first-order valence-corrected chi connectivity index (χ1v) is 11.1. The number of aryl methyl sites for hydroxylation is 1. The number of ether oxygens (including phenoxy) is 1. The van der Waals surface area contributed by atoms with E-state index in [4.69, 9.17) is 32.4 Å². The minimum absolute atomic E-state index is 0.152. The molecule has 0 unspecified atom stereocenters. The standard InChI is InChI=1S/C19H16BrCl2N3O3S/c20-12-3-1-4-14(9-12)23-17(26)11-29-19-25-24-18(28-19)5-2-8-27-16-7-6-13(21)10-15(16)22/h1,3-4,6-7,9-10H,2,5,8,11H2,(H,23,26). The second-order valence-electron chi connectivity index (χ2n) is 5.84. The topological polar surface area (TPSA) is 77.2 Å². The van der Waals surface area contributed by atoms with Crippen LogP contribution in [-0.4, -0.2) is 28.5 Å². The molecular weight excluding hydrogens is 501 g/mol. The zero-order valence-electron chi connectivity index (χ0n) is 15.0. The highest BCUT2D eigenvalue weighted by Crippen LogP contribution is 2.27. The lowest BCUT2D eigenvalue weighted by atomic mass is 10.3. The molecule has 0 bridgehead atoms. The van der Waals surface area contributed by atoms with Crippen LogP contribution in [0.2, 0.25) is 10.0 Å². The van der Waals surface area contributed by atoms with E-state index >= 15 is 0 Å². The Kier molecular flexibility index (Phi) is 8.23. The van der Waals surface area contributed by atoms with Crippen LogP contribution in [0.3, 0.4) is 0 Å². The van der Waals surface area contributed by atoms with Crippen LogP contribution in [-0.2, 0) is 11.2 Å². The molecule has 29 heavy (non-hydrogen) atoms. The van der Waals surface area contributed by atoms with Crippen molar-refractivity contribution in [2.45, 2.75) is 18.1 Å². The van der Waals surface area contributed by atoms with Crippen LogP contribution in [0, 0.1) is 0 Å². The average molecular weight is 517 g/mol. The summed E-state index contributed by atoms with van der Waals surface area (Å²) in [5.41, 5.74) is 0.719. The summed E-state index contributed by atoms with van der Waals surface area (Å²) in [6.45, 7) is 0.446. The molecule has 0 aliphatic heterocycles. The van der Waals surface area contributed by atoms with Gasteiger partial charge in [-0.05, 0) is 42.8 Å². The number of amides is 1. The molecule has 0 fully saturated rings. The van der Waals surface area contributed by atoms with Crippen LogP contribution in [0.15, 0.2) is 56.6 Å². The SMILES string of the molecule is O=C(CSc1nnc(CCCOc2ccc(Cl)cc2Cl)o1)Nc1cccc(Br)c1. The van der Waals surface area contributed by atoms with Gasteiger partial charge in [0.25, 0.3) is 5.22 Å². The van der Waals surface area contributed by atoms with Gasteiger partial charge in [0.2, 0.25) is 11.8 Å². The van der Waals surface area contributed by atoms with E-state index in [1.807, 2.05) is 24.3 Å². The summed E-state index contributed by atoms with van der Waals surface area (Å²) in [6.07, 6.45) is 1.23. The molecule has 1 heterocycles. The average Bonchev–Trinajstić information content (AvgIpc) is 3.13. The summed E-state index contributed by atoms with van der Waals surface area (Å²) < 4.78 is 12.1. The Bertz CT molecular complexity index is 987. The fourth-order valence-electron chi connectivity index (χ4n) is 2.29. The summed E-state index contributed by atoms with van der Waals surface area (Å²) in [4.78, 5) is 12.0. The van der Waals surface area contributed by atoms with Crippen LogP contribution in [0.25, 0.3) is 0 Å². The van der Waals surface area contributed by atoms with Gasteiger partial charge in [0.1, 0.15) is 5.75 Å². The number of nitrogens with one attached hydrogen (secondary N) is 1. The predicted octanol–water partition coefficient (Wildman–Crippen LogP) is 5.88. The maximum atomic E-state index is 12.0. The molecular formula is C19H16BrCl2N3O3S. The Labute approximate surface area is 190 Å². The fraction of sp³-hybridized carbons (Fsp3) is 0.211. The Morgan fingerprint density at radius 3 is 2.86 bits per heavy atom. The molecule has 1 amide bonds. The molecule has 0 aliphatic rings. The molecule has 0 spiro atoms.